The van der Waals surface area contributed by atoms with Gasteiger partial charge >= 0.3 is 0 Å². The lowest BCUT2D eigenvalue weighted by atomic mass is 9.92. The van der Waals surface area contributed by atoms with Crippen LogP contribution in [0.4, 0.5) is 0 Å². The van der Waals surface area contributed by atoms with E-state index in [-0.39, 0.29) is 0 Å². The van der Waals surface area contributed by atoms with Gasteiger partial charge in [0.05, 0.1) is 6.20 Å². The highest BCUT2D eigenvalue weighted by Crippen LogP contribution is 2.26. The lowest BCUT2D eigenvalue weighted by Gasteiger charge is -2.31. The highest BCUT2D eigenvalue weighted by molar-refractivity contribution is 5.04. The number of likely N-dealkylation sites (tertiary alicyclic amines) is 1. The van der Waals surface area contributed by atoms with E-state index in [1.165, 1.54) is 31.5 Å². The summed E-state index contributed by atoms with van der Waals surface area (Å²) >= 11 is 0. The molecule has 0 aliphatic carbocycles. The Morgan fingerprint density at radius 2 is 1.96 bits per heavy atom. The lowest BCUT2D eigenvalue weighted by molar-refractivity contribution is 0.0778. The average Bonchev–Trinajstić information content (AvgIpc) is 3.37. The molecule has 0 spiro atoms. The normalized spacial score (nSPS) is 20.3. The Hall–Kier alpha value is -1.73. The van der Waals surface area contributed by atoms with Crippen molar-refractivity contribution in [3.63, 3.8) is 0 Å². The van der Waals surface area contributed by atoms with Crippen LogP contribution in [-0.4, -0.2) is 51.1 Å². The molecule has 0 amide bonds. The van der Waals surface area contributed by atoms with Gasteiger partial charge in [0.1, 0.15) is 0 Å². The molecule has 2 aromatic heterocycles. The van der Waals surface area contributed by atoms with E-state index in [0.717, 1.165) is 69.6 Å². The zero-order chi connectivity index (χ0) is 18.5. The van der Waals surface area contributed by atoms with E-state index < -0.39 is 0 Å². The Kier molecular flexibility index (Phi) is 6.19. The number of aryl methyl sites for hydroxylation is 2. The fourth-order valence-electron chi connectivity index (χ4n) is 4.17. The fourth-order valence-corrected chi connectivity index (χ4v) is 4.17. The molecule has 0 bridgehead atoms. The van der Waals surface area contributed by atoms with Crippen LogP contribution < -0.4 is 0 Å². The van der Waals surface area contributed by atoms with Gasteiger partial charge in [0.15, 0.2) is 5.82 Å². The van der Waals surface area contributed by atoms with Gasteiger partial charge < -0.3 is 9.26 Å². The highest BCUT2D eigenvalue weighted by atomic mass is 16.5. The molecule has 7 heteroatoms. The zero-order valence-electron chi connectivity index (χ0n) is 16.3. The third-order valence-electron chi connectivity index (χ3n) is 5.95. The van der Waals surface area contributed by atoms with Crippen molar-refractivity contribution in [1.29, 1.82) is 0 Å². The molecule has 0 atom stereocenters. The van der Waals surface area contributed by atoms with Crippen LogP contribution in [0.3, 0.4) is 0 Å². The zero-order valence-corrected chi connectivity index (χ0v) is 16.3. The van der Waals surface area contributed by atoms with Crippen molar-refractivity contribution in [2.45, 2.75) is 64.5 Å². The summed E-state index contributed by atoms with van der Waals surface area (Å²) in [5.41, 5.74) is 1.32. The minimum atomic E-state index is 0.389. The Bertz CT molecular complexity index is 699. The van der Waals surface area contributed by atoms with E-state index in [1.807, 2.05) is 10.9 Å². The van der Waals surface area contributed by atoms with Crippen LogP contribution in [0, 0.1) is 5.92 Å². The van der Waals surface area contributed by atoms with Gasteiger partial charge in [0.2, 0.25) is 5.89 Å². The SMILES string of the molecule is CCn1cc(CN2CCC(CCc3noc(C4CCOCC4)n3)CC2)cn1. The van der Waals surface area contributed by atoms with Gasteiger partial charge in [-0.25, -0.2) is 0 Å². The second-order valence-electron chi connectivity index (χ2n) is 7.90. The summed E-state index contributed by atoms with van der Waals surface area (Å²) < 4.78 is 12.9. The van der Waals surface area contributed by atoms with Gasteiger partial charge in [0.25, 0.3) is 0 Å². The summed E-state index contributed by atoms with van der Waals surface area (Å²) in [7, 11) is 0. The molecule has 27 heavy (non-hydrogen) atoms. The summed E-state index contributed by atoms with van der Waals surface area (Å²) in [6.07, 6.45) is 10.8. The van der Waals surface area contributed by atoms with E-state index in [9.17, 15) is 0 Å². The number of rotatable bonds is 7. The molecular formula is C20H31N5O2. The molecule has 4 heterocycles. The van der Waals surface area contributed by atoms with Crippen LogP contribution in [0.15, 0.2) is 16.9 Å². The van der Waals surface area contributed by atoms with Crippen LogP contribution in [-0.2, 0) is 24.2 Å². The molecule has 0 unspecified atom stereocenters. The van der Waals surface area contributed by atoms with Gasteiger partial charge in [-0.2, -0.15) is 10.1 Å². The maximum absolute atomic E-state index is 5.51. The van der Waals surface area contributed by atoms with Crippen molar-refractivity contribution in [2.24, 2.45) is 5.92 Å². The lowest BCUT2D eigenvalue weighted by Crippen LogP contribution is -2.33. The first-order valence-corrected chi connectivity index (χ1v) is 10.4. The first-order valence-electron chi connectivity index (χ1n) is 10.4. The summed E-state index contributed by atoms with van der Waals surface area (Å²) in [6.45, 7) is 8.03. The molecule has 0 radical (unpaired) electrons. The molecule has 2 aliphatic rings. The molecule has 2 aromatic rings. The minimum absolute atomic E-state index is 0.389. The Labute approximate surface area is 161 Å². The number of hydrogen-bond donors (Lipinski definition) is 0. The molecule has 7 nitrogen and oxygen atoms in total. The van der Waals surface area contributed by atoms with E-state index in [1.54, 1.807) is 0 Å². The summed E-state index contributed by atoms with van der Waals surface area (Å²) in [5.74, 6) is 2.85. The number of aromatic nitrogens is 4. The number of nitrogens with zero attached hydrogens (tertiary/aromatic N) is 5. The standard InChI is InChI=1S/C20H31N5O2/c1-2-25-15-17(13-21-25)14-24-9-5-16(6-10-24)3-4-19-22-20(27-23-19)18-7-11-26-12-8-18/h13,15-16,18H,2-12,14H2,1H3. The predicted octanol–water partition coefficient (Wildman–Crippen LogP) is 3.02. The van der Waals surface area contributed by atoms with Crippen molar-refractivity contribution in [2.75, 3.05) is 26.3 Å². The second kappa shape index (κ2) is 8.97. The third kappa shape index (κ3) is 4.96. The van der Waals surface area contributed by atoms with Gasteiger partial charge in [-0.3, -0.25) is 9.58 Å². The van der Waals surface area contributed by atoms with Crippen LogP contribution >= 0.6 is 0 Å². The Morgan fingerprint density at radius 1 is 1.15 bits per heavy atom. The first kappa shape index (κ1) is 18.6. The molecule has 0 N–H and O–H groups in total. The van der Waals surface area contributed by atoms with Crippen molar-refractivity contribution >= 4 is 0 Å². The van der Waals surface area contributed by atoms with E-state index >= 15 is 0 Å². The second-order valence-corrected chi connectivity index (χ2v) is 7.90. The van der Waals surface area contributed by atoms with Crippen LogP contribution in [0.1, 0.15) is 62.2 Å². The summed E-state index contributed by atoms with van der Waals surface area (Å²) in [4.78, 5) is 7.19. The van der Waals surface area contributed by atoms with Crippen LogP contribution in [0.25, 0.3) is 0 Å². The van der Waals surface area contributed by atoms with Crippen molar-refractivity contribution in [3.05, 3.63) is 29.7 Å². The van der Waals surface area contributed by atoms with Gasteiger partial charge in [-0.1, -0.05) is 5.16 Å². The molecule has 2 saturated heterocycles. The molecular weight excluding hydrogens is 342 g/mol. The molecule has 4 rings (SSSR count). The number of hydrogen-bond acceptors (Lipinski definition) is 6. The number of ether oxygens (including phenoxy) is 1. The largest absolute Gasteiger partial charge is 0.381 e. The van der Waals surface area contributed by atoms with Crippen LogP contribution in [0.2, 0.25) is 0 Å². The van der Waals surface area contributed by atoms with E-state index in [2.05, 4.69) is 33.3 Å². The molecule has 148 valence electrons. The van der Waals surface area contributed by atoms with E-state index in [4.69, 9.17) is 9.26 Å². The Morgan fingerprint density at radius 3 is 2.70 bits per heavy atom. The summed E-state index contributed by atoms with van der Waals surface area (Å²) in [6, 6.07) is 0. The van der Waals surface area contributed by atoms with E-state index in [0.29, 0.717) is 5.92 Å². The predicted molar refractivity (Wildman–Crippen MR) is 101 cm³/mol. The molecule has 2 fully saturated rings. The van der Waals surface area contributed by atoms with Crippen molar-refractivity contribution < 1.29 is 9.26 Å². The van der Waals surface area contributed by atoms with Gasteiger partial charge in [-0.15, -0.1) is 0 Å². The molecule has 2 aliphatic heterocycles. The first-order chi connectivity index (χ1) is 13.3. The van der Waals surface area contributed by atoms with Crippen molar-refractivity contribution in [1.82, 2.24) is 24.8 Å². The monoisotopic (exact) mass is 373 g/mol. The van der Waals surface area contributed by atoms with Gasteiger partial charge in [-0.05, 0) is 58.0 Å². The Balaban J connectivity index is 1.19. The molecule has 0 saturated carbocycles. The van der Waals surface area contributed by atoms with Gasteiger partial charge in [0, 0.05) is 50.4 Å². The molecule has 0 aromatic carbocycles. The fraction of sp³-hybridized carbons (Fsp3) is 0.750. The topological polar surface area (TPSA) is 69.2 Å². The maximum atomic E-state index is 5.51. The average molecular weight is 374 g/mol. The number of piperidine rings is 1. The quantitative estimate of drug-likeness (QED) is 0.743. The summed E-state index contributed by atoms with van der Waals surface area (Å²) in [5, 5.41) is 8.58. The van der Waals surface area contributed by atoms with Crippen molar-refractivity contribution in [3.8, 4) is 0 Å². The maximum Gasteiger partial charge on any atom is 0.229 e. The smallest absolute Gasteiger partial charge is 0.229 e. The third-order valence-corrected chi connectivity index (χ3v) is 5.95. The minimum Gasteiger partial charge on any atom is -0.381 e. The highest BCUT2D eigenvalue weighted by Gasteiger charge is 2.23. The van der Waals surface area contributed by atoms with Crippen LogP contribution in [0.5, 0.6) is 0 Å².